The highest BCUT2D eigenvalue weighted by Crippen LogP contribution is 2.38. The lowest BCUT2D eigenvalue weighted by Crippen LogP contribution is -2.42. The molecule has 144 heavy (non-hydrogen) atoms. The molecule has 744 valence electrons. The lowest BCUT2D eigenvalue weighted by molar-refractivity contribution is 0.101. The number of urea groups is 5. The minimum absolute atomic E-state index is 0.0759. The highest BCUT2D eigenvalue weighted by molar-refractivity contribution is 6.14. The number of phenols is 2. The smallest absolute Gasteiger partial charge is 0.319 e. The molecule has 20 rings (SSSR count). The van der Waals surface area contributed by atoms with Crippen LogP contribution in [0.25, 0.3) is 0 Å². The number of hydrogen-bond donors (Lipinski definition) is 12. The van der Waals surface area contributed by atoms with Gasteiger partial charge < -0.3 is 126 Å². The molecule has 5 unspecified atom stereocenters. The van der Waals surface area contributed by atoms with E-state index < -0.39 is 36.2 Å². The SMILES string of the molecule is CCOc1ccc(C2NC(=O)NC=C2C(=O)c2ccc(N3CCOCC3)cc2)cc1.COc1cccc(C2NC(=O)NC=C2C(=O)c2ccc(N3CCOCC3)cc2)c1.COc1ccccc1C1NC(=O)NC=C1C(=O)c1ccc(N2CCOCC2)cc1.O=C1NC=C(C(=O)c2ccc(N3CCOCC3)cc2)C(c2ccc(O)cc2)N1.O=C1NC=C(C(=O)c2ccc(N3CCOCC3)cc2)C(c2cccc(O)c2)N1. The van der Waals surface area contributed by atoms with E-state index in [2.05, 4.69) is 77.7 Å². The Morgan fingerprint density at radius 1 is 0.292 bits per heavy atom. The number of para-hydroxylation sites is 1. The summed E-state index contributed by atoms with van der Waals surface area (Å²) >= 11 is 0. The van der Waals surface area contributed by atoms with E-state index in [0.717, 1.165) is 122 Å². The minimum atomic E-state index is -0.632. The molecule has 12 N–H and O–H groups in total. The predicted molar refractivity (Wildman–Crippen MR) is 541 cm³/mol. The maximum absolute atomic E-state index is 13.2. The largest absolute Gasteiger partial charge is 0.508 e. The second kappa shape index (κ2) is 48.5. The number of Topliss-reactive ketones (excluding diaryl/α,β-unsaturated/α-hetero) is 5. The van der Waals surface area contributed by atoms with Crippen molar-refractivity contribution in [3.05, 3.63) is 357 Å². The lowest BCUT2D eigenvalue weighted by atomic mass is 9.91. The number of phenolic OH excluding ortho intramolecular Hbond substituents is 2. The Kier molecular flexibility index (Phi) is 33.8. The van der Waals surface area contributed by atoms with Crippen molar-refractivity contribution in [1.29, 1.82) is 0 Å². The standard InChI is InChI=1S/C23H25N3O4.2C22H23N3O4.2C21H21N3O4/c1-2-30-19-9-5-16(6-10-19)21-20(15-24-23(28)25-21)22(27)17-3-7-18(8-4-17)26-11-13-29-14-12-26;1-28-18-4-2-3-16(13-18)20-19(14-23-22(27)24-20)21(26)15-5-7-17(8-6-15)25-9-11-29-12-10-25;1-28-19-5-3-2-4-17(19)20-18(14-23-22(27)24-20)21(26)15-6-8-16(9-7-15)25-10-12-29-13-11-25;25-17-7-3-14(4-8-17)19-18(13-22-21(27)23-19)20(26)15-1-5-16(6-2-15)24-9-11-28-12-10-24;25-17-3-1-2-15(12-17)19-18(13-22-21(27)23-19)20(26)14-4-6-16(7-5-14)24-8-10-28-11-9-24/h3-10,15,21H,2,11-14H2,1H3,(H2,24,25,28);2-8,13-14,20H,9-12H2,1H3,(H2,23,24,27);2-9,14,20H,10-13H2,1H3,(H2,23,24,27);1-8,13,19,25H,9-12H2,(H2,22,23,27);1-7,12-13,19,25H,8-11H2,(H2,22,23,27). The van der Waals surface area contributed by atoms with Crippen LogP contribution in [0.1, 0.15) is 117 Å². The van der Waals surface area contributed by atoms with Gasteiger partial charge in [-0.15, -0.1) is 0 Å². The Balaban J connectivity index is 0.000000129. The summed E-state index contributed by atoms with van der Waals surface area (Å²) < 4.78 is 43.1. The summed E-state index contributed by atoms with van der Waals surface area (Å²) in [6.45, 7) is 17.9. The van der Waals surface area contributed by atoms with E-state index in [1.807, 2.05) is 177 Å². The molecule has 35 nitrogen and oxygen atoms in total. The third-order valence-electron chi connectivity index (χ3n) is 25.4. The zero-order valence-electron chi connectivity index (χ0n) is 79.7. The molecule has 0 aromatic heterocycles. The first-order valence-corrected chi connectivity index (χ1v) is 47.5. The molecule has 10 aromatic rings. The van der Waals surface area contributed by atoms with Crippen molar-refractivity contribution < 1.29 is 96.1 Å². The van der Waals surface area contributed by atoms with Crippen LogP contribution in [-0.2, 0) is 23.7 Å². The molecule has 0 radical (unpaired) electrons. The predicted octanol–water partition coefficient (Wildman–Crippen LogP) is 13.0. The Morgan fingerprint density at radius 2 is 0.569 bits per heavy atom. The van der Waals surface area contributed by atoms with Crippen LogP contribution in [0.2, 0.25) is 0 Å². The second-order valence-corrected chi connectivity index (χ2v) is 34.3. The van der Waals surface area contributed by atoms with E-state index in [4.69, 9.17) is 37.9 Å². The number of carbonyl (C=O) groups excluding carboxylic acids is 10. The van der Waals surface area contributed by atoms with Crippen LogP contribution in [0.3, 0.4) is 0 Å². The van der Waals surface area contributed by atoms with Crippen molar-refractivity contribution in [1.82, 2.24) is 53.2 Å². The van der Waals surface area contributed by atoms with Gasteiger partial charge >= 0.3 is 30.2 Å². The van der Waals surface area contributed by atoms with Gasteiger partial charge in [0, 0.05) is 186 Å². The summed E-state index contributed by atoms with van der Waals surface area (Å²) in [5, 5.41) is 46.2. The molecule has 0 saturated carbocycles. The zero-order chi connectivity index (χ0) is 100. The van der Waals surface area contributed by atoms with Crippen LogP contribution in [0.15, 0.2) is 302 Å². The molecule has 10 aliphatic rings. The van der Waals surface area contributed by atoms with Crippen molar-refractivity contribution in [2.45, 2.75) is 37.1 Å². The molecule has 0 aliphatic carbocycles. The fourth-order valence-electron chi connectivity index (χ4n) is 17.7. The van der Waals surface area contributed by atoms with Gasteiger partial charge in [-0.25, -0.2) is 24.0 Å². The number of ether oxygens (including phenoxy) is 8. The summed E-state index contributed by atoms with van der Waals surface area (Å²) in [4.78, 5) is 136. The molecule has 35 heteroatoms. The highest BCUT2D eigenvalue weighted by Gasteiger charge is 2.36. The Hall–Kier alpha value is -16.6. The van der Waals surface area contributed by atoms with E-state index in [1.54, 1.807) is 74.9 Å². The molecule has 10 aliphatic heterocycles. The van der Waals surface area contributed by atoms with Crippen LogP contribution < -0.4 is 91.9 Å². The molecule has 10 heterocycles. The Labute approximate surface area is 832 Å². The highest BCUT2D eigenvalue weighted by atomic mass is 16.5. The van der Waals surface area contributed by atoms with Gasteiger partial charge in [0.05, 0.1) is 117 Å². The maximum Gasteiger partial charge on any atom is 0.319 e. The Bertz CT molecular complexity index is 6410. The first kappa shape index (κ1) is 100. The number of aromatic hydroxyl groups is 2. The average Bonchev–Trinajstić information content (AvgIpc) is 0.800. The maximum atomic E-state index is 13.2. The average molecular weight is 1950 g/mol. The number of anilines is 5. The molecule has 0 spiro atoms. The van der Waals surface area contributed by atoms with Gasteiger partial charge in [0.15, 0.2) is 28.9 Å². The van der Waals surface area contributed by atoms with E-state index in [-0.39, 0.29) is 64.5 Å². The monoisotopic (exact) mass is 1950 g/mol. The normalized spacial score (nSPS) is 19.2. The molecular formula is C109H113N15O20. The number of hydrogen-bond acceptors (Lipinski definition) is 25. The van der Waals surface area contributed by atoms with Crippen LogP contribution in [0, 0.1) is 0 Å². The Morgan fingerprint density at radius 3 is 0.868 bits per heavy atom. The topological polar surface area (TPSA) is 421 Å². The number of nitrogens with one attached hydrogen (secondary N) is 10. The number of ketones is 5. The summed E-state index contributed by atoms with van der Waals surface area (Å²) in [5.74, 6) is 1.45. The first-order chi connectivity index (χ1) is 70.2. The van der Waals surface area contributed by atoms with Crippen LogP contribution in [0.5, 0.6) is 28.7 Å². The third kappa shape index (κ3) is 25.4. The molecule has 5 atom stereocenters. The van der Waals surface area contributed by atoms with E-state index in [9.17, 15) is 58.2 Å². The number of benzene rings is 10. The molecular weight excluding hydrogens is 1840 g/mol. The van der Waals surface area contributed by atoms with Crippen LogP contribution >= 0.6 is 0 Å². The van der Waals surface area contributed by atoms with Gasteiger partial charge in [-0.2, -0.15) is 0 Å². The molecule has 10 amide bonds. The quantitative estimate of drug-likeness (QED) is 0.0250. The fraction of sp³-hybridized carbons (Fsp3) is 0.266. The molecule has 10 aromatic carbocycles. The van der Waals surface area contributed by atoms with E-state index in [0.29, 0.717) is 145 Å². The van der Waals surface area contributed by atoms with Gasteiger partial charge in [0.25, 0.3) is 0 Å². The van der Waals surface area contributed by atoms with Crippen molar-refractivity contribution in [3.8, 4) is 28.7 Å². The summed E-state index contributed by atoms with van der Waals surface area (Å²) in [6, 6.07) is 68.0. The number of amides is 10. The minimum Gasteiger partial charge on any atom is -0.508 e. The summed E-state index contributed by atoms with van der Waals surface area (Å²) in [5.41, 5.74) is 14.0. The molecule has 5 saturated heterocycles. The third-order valence-corrected chi connectivity index (χ3v) is 25.4. The fourth-order valence-corrected chi connectivity index (χ4v) is 17.7. The van der Waals surface area contributed by atoms with Gasteiger partial charge in [-0.05, 0) is 205 Å². The summed E-state index contributed by atoms with van der Waals surface area (Å²) in [7, 11) is 3.15. The van der Waals surface area contributed by atoms with Crippen LogP contribution in [-0.4, -0.2) is 222 Å². The number of morpholine rings is 5. The van der Waals surface area contributed by atoms with Gasteiger partial charge in [-0.3, -0.25) is 24.0 Å². The van der Waals surface area contributed by atoms with Gasteiger partial charge in [0.1, 0.15) is 28.7 Å². The second-order valence-electron chi connectivity index (χ2n) is 34.3. The van der Waals surface area contributed by atoms with E-state index >= 15 is 0 Å². The van der Waals surface area contributed by atoms with Crippen LogP contribution in [0.4, 0.5) is 52.4 Å². The van der Waals surface area contributed by atoms with Crippen molar-refractivity contribution in [2.24, 2.45) is 0 Å². The van der Waals surface area contributed by atoms with Crippen molar-refractivity contribution in [3.63, 3.8) is 0 Å². The van der Waals surface area contributed by atoms with Gasteiger partial charge in [0.2, 0.25) is 0 Å². The molecule has 5 fully saturated rings. The van der Waals surface area contributed by atoms with Crippen molar-refractivity contribution >= 4 is 87.5 Å². The summed E-state index contributed by atoms with van der Waals surface area (Å²) in [6.07, 6.45) is 7.36. The number of methoxy groups -OCH3 is 2. The molecule has 0 bridgehead atoms. The first-order valence-electron chi connectivity index (χ1n) is 47.5. The van der Waals surface area contributed by atoms with Gasteiger partial charge in [-0.1, -0.05) is 66.7 Å². The lowest BCUT2D eigenvalue weighted by Gasteiger charge is -2.29. The number of nitrogens with zero attached hydrogens (tertiary/aromatic N) is 5. The van der Waals surface area contributed by atoms with Crippen molar-refractivity contribution in [2.75, 3.05) is 177 Å². The number of carbonyl (C=O) groups is 10. The number of rotatable bonds is 24. The van der Waals surface area contributed by atoms with E-state index in [1.165, 1.54) is 43.1 Å². The zero-order valence-corrected chi connectivity index (χ0v) is 79.7.